The Morgan fingerprint density at radius 3 is 2.62 bits per heavy atom. The highest BCUT2D eigenvalue weighted by Crippen LogP contribution is 2.06. The molecule has 1 unspecified atom stereocenters. The monoisotopic (exact) mass is 246 g/mol. The summed E-state index contributed by atoms with van der Waals surface area (Å²) < 4.78 is 33.0. The molecule has 0 saturated carbocycles. The standard InChI is InChI=1S/C10H18N2O3S/c1-3-5-10(4-2)11-16(13,14)12-6-8-15-9-7-12/h1,10-11H,4-9H2,2H3. The summed E-state index contributed by atoms with van der Waals surface area (Å²) in [5.74, 6) is 2.47. The fourth-order valence-corrected chi connectivity index (χ4v) is 2.93. The second-order valence-corrected chi connectivity index (χ2v) is 5.35. The van der Waals surface area contributed by atoms with Crippen molar-refractivity contribution in [1.82, 2.24) is 9.03 Å². The highest BCUT2D eigenvalue weighted by atomic mass is 32.2. The van der Waals surface area contributed by atoms with Gasteiger partial charge in [-0.15, -0.1) is 12.3 Å². The Morgan fingerprint density at radius 2 is 2.12 bits per heavy atom. The van der Waals surface area contributed by atoms with E-state index in [0.29, 0.717) is 39.1 Å². The second kappa shape index (κ2) is 6.21. The number of rotatable bonds is 5. The van der Waals surface area contributed by atoms with Gasteiger partial charge in [0.15, 0.2) is 0 Å². The summed E-state index contributed by atoms with van der Waals surface area (Å²) in [6, 6.07) is -0.183. The van der Waals surface area contributed by atoms with Gasteiger partial charge in [-0.2, -0.15) is 17.4 Å². The first-order valence-electron chi connectivity index (χ1n) is 5.38. The lowest BCUT2D eigenvalue weighted by Gasteiger charge is -2.27. The molecule has 6 heteroatoms. The molecule has 0 bridgehead atoms. The fourth-order valence-electron chi connectivity index (χ4n) is 1.48. The zero-order chi connectivity index (χ0) is 12.0. The van der Waals surface area contributed by atoms with Gasteiger partial charge in [0.2, 0.25) is 0 Å². The van der Waals surface area contributed by atoms with Crippen molar-refractivity contribution >= 4 is 10.2 Å². The van der Waals surface area contributed by atoms with Gasteiger partial charge in [0.25, 0.3) is 10.2 Å². The molecule has 1 atom stereocenters. The zero-order valence-corrected chi connectivity index (χ0v) is 10.3. The minimum atomic E-state index is -3.41. The normalized spacial score (nSPS) is 20.2. The van der Waals surface area contributed by atoms with Gasteiger partial charge < -0.3 is 4.74 Å². The van der Waals surface area contributed by atoms with E-state index in [1.165, 1.54) is 4.31 Å². The van der Waals surface area contributed by atoms with Gasteiger partial charge in [-0.05, 0) is 6.42 Å². The lowest BCUT2D eigenvalue weighted by atomic mass is 10.2. The van der Waals surface area contributed by atoms with Crippen LogP contribution in [0.3, 0.4) is 0 Å². The number of hydrogen-bond acceptors (Lipinski definition) is 3. The Balaban J connectivity index is 2.59. The molecule has 0 aliphatic carbocycles. The van der Waals surface area contributed by atoms with E-state index in [0.717, 1.165) is 0 Å². The van der Waals surface area contributed by atoms with Gasteiger partial charge in [-0.25, -0.2) is 0 Å². The molecular weight excluding hydrogens is 228 g/mol. The molecule has 0 aromatic rings. The Kier molecular flexibility index (Phi) is 5.22. The number of nitrogens with one attached hydrogen (secondary N) is 1. The molecule has 1 N–H and O–H groups in total. The van der Waals surface area contributed by atoms with E-state index < -0.39 is 10.2 Å². The molecule has 0 amide bonds. The Bertz CT molecular complexity index is 342. The maximum atomic E-state index is 11.9. The molecule has 1 saturated heterocycles. The molecule has 1 aliphatic rings. The first-order valence-corrected chi connectivity index (χ1v) is 6.82. The van der Waals surface area contributed by atoms with Crippen LogP contribution in [-0.4, -0.2) is 45.1 Å². The van der Waals surface area contributed by atoms with Crippen LogP contribution in [0, 0.1) is 12.3 Å². The van der Waals surface area contributed by atoms with Crippen molar-refractivity contribution < 1.29 is 13.2 Å². The summed E-state index contributed by atoms with van der Waals surface area (Å²) in [6.07, 6.45) is 6.29. The van der Waals surface area contributed by atoms with E-state index in [1.54, 1.807) is 0 Å². The topological polar surface area (TPSA) is 58.6 Å². The first-order chi connectivity index (χ1) is 7.60. The molecule has 1 heterocycles. The maximum absolute atomic E-state index is 11.9. The third-order valence-corrected chi connectivity index (χ3v) is 4.16. The molecule has 1 aliphatic heterocycles. The average Bonchev–Trinajstić information content (AvgIpc) is 2.29. The molecule has 16 heavy (non-hydrogen) atoms. The van der Waals surface area contributed by atoms with Crippen LogP contribution in [-0.2, 0) is 14.9 Å². The van der Waals surface area contributed by atoms with E-state index in [2.05, 4.69) is 10.6 Å². The molecule has 5 nitrogen and oxygen atoms in total. The summed E-state index contributed by atoms with van der Waals surface area (Å²) in [4.78, 5) is 0. The summed E-state index contributed by atoms with van der Waals surface area (Å²) in [7, 11) is -3.41. The van der Waals surface area contributed by atoms with E-state index in [4.69, 9.17) is 11.2 Å². The van der Waals surface area contributed by atoms with Crippen molar-refractivity contribution in [2.75, 3.05) is 26.3 Å². The number of terminal acetylenes is 1. The van der Waals surface area contributed by atoms with Gasteiger partial charge in [-0.1, -0.05) is 6.92 Å². The van der Waals surface area contributed by atoms with Gasteiger partial charge in [0, 0.05) is 25.6 Å². The second-order valence-electron chi connectivity index (χ2n) is 3.65. The number of nitrogens with zero attached hydrogens (tertiary/aromatic N) is 1. The summed E-state index contributed by atoms with van der Waals surface area (Å²) in [5.41, 5.74) is 0. The van der Waals surface area contributed by atoms with Gasteiger partial charge in [-0.3, -0.25) is 0 Å². The van der Waals surface area contributed by atoms with Crippen LogP contribution in [0.1, 0.15) is 19.8 Å². The highest BCUT2D eigenvalue weighted by molar-refractivity contribution is 7.87. The molecule has 0 aromatic carbocycles. The van der Waals surface area contributed by atoms with Crippen LogP contribution < -0.4 is 4.72 Å². The van der Waals surface area contributed by atoms with Gasteiger partial charge in [0.1, 0.15) is 0 Å². The lowest BCUT2D eigenvalue weighted by molar-refractivity contribution is 0.0723. The number of ether oxygens (including phenoxy) is 1. The van der Waals surface area contributed by atoms with Crippen LogP contribution >= 0.6 is 0 Å². The largest absolute Gasteiger partial charge is 0.379 e. The van der Waals surface area contributed by atoms with Crippen LogP contribution in [0.15, 0.2) is 0 Å². The molecular formula is C10H18N2O3S. The van der Waals surface area contributed by atoms with Crippen LogP contribution in [0.25, 0.3) is 0 Å². The predicted molar refractivity (Wildman–Crippen MR) is 62.0 cm³/mol. The van der Waals surface area contributed by atoms with Crippen molar-refractivity contribution in [1.29, 1.82) is 0 Å². The quantitative estimate of drug-likeness (QED) is 0.692. The van der Waals surface area contributed by atoms with Crippen LogP contribution in [0.5, 0.6) is 0 Å². The Labute approximate surface area is 97.3 Å². The fraction of sp³-hybridized carbons (Fsp3) is 0.800. The van der Waals surface area contributed by atoms with E-state index in [1.807, 2.05) is 6.92 Å². The Morgan fingerprint density at radius 1 is 1.50 bits per heavy atom. The SMILES string of the molecule is C#CCC(CC)NS(=O)(=O)N1CCOCC1. The van der Waals surface area contributed by atoms with Gasteiger partial charge in [0.05, 0.1) is 13.2 Å². The van der Waals surface area contributed by atoms with Gasteiger partial charge >= 0.3 is 0 Å². The zero-order valence-electron chi connectivity index (χ0n) is 9.48. The van der Waals surface area contributed by atoms with E-state index >= 15 is 0 Å². The minimum Gasteiger partial charge on any atom is -0.379 e. The van der Waals surface area contributed by atoms with Crippen molar-refractivity contribution in [3.8, 4) is 12.3 Å². The minimum absolute atomic E-state index is 0.183. The molecule has 0 spiro atoms. The molecule has 92 valence electrons. The smallest absolute Gasteiger partial charge is 0.279 e. The predicted octanol–water partition coefficient (Wildman–Crippen LogP) is -0.0451. The lowest BCUT2D eigenvalue weighted by Crippen LogP contribution is -2.49. The summed E-state index contributed by atoms with van der Waals surface area (Å²) in [6.45, 7) is 3.62. The van der Waals surface area contributed by atoms with Crippen molar-refractivity contribution in [2.24, 2.45) is 0 Å². The molecule has 1 fully saturated rings. The van der Waals surface area contributed by atoms with Crippen molar-refractivity contribution in [3.05, 3.63) is 0 Å². The molecule has 0 radical (unpaired) electrons. The third kappa shape index (κ3) is 3.76. The average molecular weight is 246 g/mol. The van der Waals surface area contributed by atoms with Crippen LogP contribution in [0.4, 0.5) is 0 Å². The van der Waals surface area contributed by atoms with Crippen molar-refractivity contribution in [2.45, 2.75) is 25.8 Å². The first kappa shape index (κ1) is 13.5. The highest BCUT2D eigenvalue weighted by Gasteiger charge is 2.25. The summed E-state index contributed by atoms with van der Waals surface area (Å²) in [5, 5.41) is 0. The van der Waals surface area contributed by atoms with Crippen molar-refractivity contribution in [3.63, 3.8) is 0 Å². The third-order valence-electron chi connectivity index (χ3n) is 2.48. The molecule has 1 rings (SSSR count). The van der Waals surface area contributed by atoms with E-state index in [9.17, 15) is 8.42 Å². The summed E-state index contributed by atoms with van der Waals surface area (Å²) >= 11 is 0. The number of morpholine rings is 1. The van der Waals surface area contributed by atoms with Crippen LogP contribution in [0.2, 0.25) is 0 Å². The number of hydrogen-bond donors (Lipinski definition) is 1. The molecule has 0 aromatic heterocycles. The maximum Gasteiger partial charge on any atom is 0.279 e. The van der Waals surface area contributed by atoms with E-state index in [-0.39, 0.29) is 6.04 Å². The Hall–Kier alpha value is -0.610.